The molecule has 0 aliphatic heterocycles. The van der Waals surface area contributed by atoms with Crippen LogP contribution in [0.15, 0.2) is 36.5 Å². The summed E-state index contributed by atoms with van der Waals surface area (Å²) < 4.78 is 0. The summed E-state index contributed by atoms with van der Waals surface area (Å²) in [7, 11) is 0. The maximum atomic E-state index is 4.58. The normalized spacial score (nSPS) is 22.9. The molecule has 2 nitrogen and oxygen atoms in total. The van der Waals surface area contributed by atoms with Gasteiger partial charge in [0.25, 0.3) is 0 Å². The minimum Gasteiger partial charge on any atom is -0.317 e. The van der Waals surface area contributed by atoms with Gasteiger partial charge in [-0.25, -0.2) is 0 Å². The molecule has 1 fully saturated rings. The molecule has 0 radical (unpaired) electrons. The summed E-state index contributed by atoms with van der Waals surface area (Å²) in [6.45, 7) is 4.39. The van der Waals surface area contributed by atoms with E-state index >= 15 is 0 Å². The lowest BCUT2D eigenvalue weighted by atomic mass is 9.70. The molecule has 1 saturated carbocycles. The third-order valence-electron chi connectivity index (χ3n) is 4.11. The van der Waals surface area contributed by atoms with Crippen molar-refractivity contribution in [2.24, 2.45) is 5.92 Å². The first-order chi connectivity index (χ1) is 8.88. The summed E-state index contributed by atoms with van der Waals surface area (Å²) in [5, 5.41) is 4.73. The first-order valence-electron chi connectivity index (χ1n) is 6.94. The fourth-order valence-electron chi connectivity index (χ4n) is 2.87. The Hall–Kier alpha value is -1.41. The number of hydrogen-bond acceptors (Lipinski definition) is 2. The lowest BCUT2D eigenvalue weighted by Gasteiger charge is -2.37. The zero-order valence-electron chi connectivity index (χ0n) is 10.9. The van der Waals surface area contributed by atoms with E-state index in [1.807, 2.05) is 6.07 Å². The maximum absolute atomic E-state index is 4.58. The lowest BCUT2D eigenvalue weighted by Crippen LogP contribution is -2.33. The number of aromatic nitrogens is 1. The third kappa shape index (κ3) is 2.13. The van der Waals surface area contributed by atoms with Crippen molar-refractivity contribution in [1.82, 2.24) is 10.3 Å². The van der Waals surface area contributed by atoms with Gasteiger partial charge in [0.2, 0.25) is 0 Å². The summed E-state index contributed by atoms with van der Waals surface area (Å²) >= 11 is 0. The van der Waals surface area contributed by atoms with Crippen molar-refractivity contribution >= 4 is 10.9 Å². The number of benzene rings is 1. The van der Waals surface area contributed by atoms with Crippen LogP contribution in [0.2, 0.25) is 0 Å². The molecule has 3 rings (SSSR count). The van der Waals surface area contributed by atoms with Crippen molar-refractivity contribution in [2.45, 2.75) is 25.7 Å². The lowest BCUT2D eigenvalue weighted by molar-refractivity contribution is 0.247. The van der Waals surface area contributed by atoms with E-state index in [1.165, 1.54) is 23.8 Å². The molecule has 1 aliphatic rings. The van der Waals surface area contributed by atoms with Gasteiger partial charge in [0.15, 0.2) is 0 Å². The number of fused-ring (bicyclic) bond motifs is 1. The van der Waals surface area contributed by atoms with E-state index in [4.69, 9.17) is 0 Å². The van der Waals surface area contributed by atoms with Crippen LogP contribution >= 0.6 is 0 Å². The number of nitrogens with one attached hydrogen (secondary N) is 1. The zero-order chi connectivity index (χ0) is 12.4. The molecule has 0 bridgehead atoms. The molecule has 2 unspecified atom stereocenters. The average Bonchev–Trinajstić information content (AvgIpc) is 2.38. The molecule has 2 aromatic rings. The minimum atomic E-state index is 0.709. The van der Waals surface area contributed by atoms with Crippen LogP contribution in [-0.2, 0) is 0 Å². The largest absolute Gasteiger partial charge is 0.317 e. The van der Waals surface area contributed by atoms with Crippen LogP contribution in [0.4, 0.5) is 0 Å². The summed E-state index contributed by atoms with van der Waals surface area (Å²) in [6.07, 6.45) is 4.74. The second kappa shape index (κ2) is 5.07. The molecule has 0 saturated heterocycles. The van der Waals surface area contributed by atoms with Gasteiger partial charge in [-0.15, -0.1) is 0 Å². The number of hydrogen-bond donors (Lipinski definition) is 1. The molecular weight excluding hydrogens is 220 g/mol. The van der Waals surface area contributed by atoms with Crippen LogP contribution in [0.3, 0.4) is 0 Å². The maximum Gasteiger partial charge on any atom is 0.0702 e. The highest BCUT2D eigenvalue weighted by molar-refractivity contribution is 5.78. The Balaban J connectivity index is 1.81. The number of rotatable bonds is 4. The smallest absolute Gasteiger partial charge is 0.0702 e. The molecule has 0 amide bonds. The van der Waals surface area contributed by atoms with Gasteiger partial charge in [0, 0.05) is 11.6 Å². The van der Waals surface area contributed by atoms with Crippen molar-refractivity contribution < 1.29 is 0 Å². The van der Waals surface area contributed by atoms with Crippen LogP contribution in [-0.4, -0.2) is 18.1 Å². The Kier molecular flexibility index (Phi) is 3.28. The molecule has 1 heterocycles. The monoisotopic (exact) mass is 240 g/mol. The van der Waals surface area contributed by atoms with Crippen molar-refractivity contribution in [2.75, 3.05) is 13.1 Å². The number of para-hydroxylation sites is 1. The first-order valence-corrected chi connectivity index (χ1v) is 6.94. The van der Waals surface area contributed by atoms with Crippen molar-refractivity contribution in [3.05, 3.63) is 42.1 Å². The summed E-state index contributed by atoms with van der Waals surface area (Å²) in [4.78, 5) is 4.58. The zero-order valence-corrected chi connectivity index (χ0v) is 10.9. The van der Waals surface area contributed by atoms with Crippen LogP contribution in [0.1, 0.15) is 31.2 Å². The summed E-state index contributed by atoms with van der Waals surface area (Å²) in [5.41, 5.74) is 2.52. The highest BCUT2D eigenvalue weighted by atomic mass is 14.9. The van der Waals surface area contributed by atoms with E-state index < -0.39 is 0 Å². The molecule has 1 N–H and O–H groups in total. The topological polar surface area (TPSA) is 24.9 Å². The molecule has 94 valence electrons. The Morgan fingerprint density at radius 1 is 1.28 bits per heavy atom. The number of pyridine rings is 1. The molecule has 0 spiro atoms. The minimum absolute atomic E-state index is 0.709. The highest BCUT2D eigenvalue weighted by Crippen LogP contribution is 2.42. The number of nitrogens with zero attached hydrogens (tertiary/aromatic N) is 1. The Morgan fingerprint density at radius 3 is 2.94 bits per heavy atom. The predicted octanol–water partition coefficient (Wildman–Crippen LogP) is 3.34. The third-order valence-corrected chi connectivity index (χ3v) is 4.11. The van der Waals surface area contributed by atoms with Gasteiger partial charge in [-0.2, -0.15) is 0 Å². The molecule has 18 heavy (non-hydrogen) atoms. The van der Waals surface area contributed by atoms with Gasteiger partial charge in [0.1, 0.15) is 0 Å². The van der Waals surface area contributed by atoms with Gasteiger partial charge in [-0.1, -0.05) is 25.1 Å². The van der Waals surface area contributed by atoms with E-state index in [1.54, 1.807) is 0 Å². The average molecular weight is 240 g/mol. The van der Waals surface area contributed by atoms with E-state index in [2.05, 4.69) is 47.7 Å². The molecule has 2 atom stereocenters. The predicted molar refractivity (Wildman–Crippen MR) is 75.8 cm³/mol. The van der Waals surface area contributed by atoms with Crippen LogP contribution in [0.5, 0.6) is 0 Å². The van der Waals surface area contributed by atoms with E-state index in [-0.39, 0.29) is 0 Å². The molecule has 1 aromatic carbocycles. The Morgan fingerprint density at radius 2 is 2.17 bits per heavy atom. The molecule has 2 heteroatoms. The fourth-order valence-corrected chi connectivity index (χ4v) is 2.87. The van der Waals surface area contributed by atoms with Gasteiger partial charge in [-0.3, -0.25) is 4.98 Å². The van der Waals surface area contributed by atoms with E-state index in [0.717, 1.165) is 24.5 Å². The highest BCUT2D eigenvalue weighted by Gasteiger charge is 2.31. The molecular formula is C16H20N2. The quantitative estimate of drug-likeness (QED) is 0.886. The SMILES string of the molecule is CCNCC1CCC1c1cnc2ccccc2c1. The first kappa shape index (κ1) is 11.7. The van der Waals surface area contributed by atoms with Gasteiger partial charge >= 0.3 is 0 Å². The second-order valence-electron chi connectivity index (χ2n) is 5.21. The van der Waals surface area contributed by atoms with Crippen molar-refractivity contribution in [1.29, 1.82) is 0 Å². The molecule has 1 aromatic heterocycles. The standard InChI is InChI=1S/C16H20N2/c1-2-17-10-13-7-8-15(13)14-9-12-5-3-4-6-16(12)18-11-14/h3-6,9,11,13,15,17H,2,7-8,10H2,1H3. The van der Waals surface area contributed by atoms with Crippen molar-refractivity contribution in [3.8, 4) is 0 Å². The summed E-state index contributed by atoms with van der Waals surface area (Å²) in [6, 6.07) is 10.7. The summed E-state index contributed by atoms with van der Waals surface area (Å²) in [5.74, 6) is 1.51. The van der Waals surface area contributed by atoms with Gasteiger partial charge in [-0.05, 0) is 55.5 Å². The van der Waals surface area contributed by atoms with Gasteiger partial charge < -0.3 is 5.32 Å². The van der Waals surface area contributed by atoms with Crippen LogP contribution in [0.25, 0.3) is 10.9 Å². The second-order valence-corrected chi connectivity index (χ2v) is 5.21. The van der Waals surface area contributed by atoms with E-state index in [0.29, 0.717) is 5.92 Å². The molecule has 1 aliphatic carbocycles. The Labute approximate surface area is 108 Å². The fraction of sp³-hybridized carbons (Fsp3) is 0.438. The van der Waals surface area contributed by atoms with E-state index in [9.17, 15) is 0 Å². The van der Waals surface area contributed by atoms with Crippen LogP contribution in [0, 0.1) is 5.92 Å². The van der Waals surface area contributed by atoms with Crippen molar-refractivity contribution in [3.63, 3.8) is 0 Å². The van der Waals surface area contributed by atoms with Crippen LogP contribution < -0.4 is 5.32 Å². The Bertz CT molecular complexity index is 535. The van der Waals surface area contributed by atoms with Gasteiger partial charge in [0.05, 0.1) is 5.52 Å².